The van der Waals surface area contributed by atoms with Gasteiger partial charge in [0.2, 0.25) is 0 Å². The van der Waals surface area contributed by atoms with E-state index >= 15 is 0 Å². The standard InChI is InChI=1S/C29H36N6O6/c1-17-14-35(18(2)16-36)27(37)22-12-9-13-23(31-28(38)32-25-19(3)33-41-20(25)4)26(22)40-24(17)15-34(5)29(39)30-21-10-7-6-8-11-21/h6-13,17-18,24,36H,14-16H2,1-5H3,(H,30,39)(H2,31,32,38)/t17-,18-,24+/m0/s1. The second-order valence-electron chi connectivity index (χ2n) is 10.3. The minimum Gasteiger partial charge on any atom is -0.485 e. The molecule has 0 saturated heterocycles. The normalized spacial score (nSPS) is 17.4. The fourth-order valence-electron chi connectivity index (χ4n) is 4.58. The minimum atomic E-state index is -0.574. The Bertz CT molecular complexity index is 1370. The molecule has 0 aliphatic carbocycles. The van der Waals surface area contributed by atoms with Crippen molar-refractivity contribution < 1.29 is 28.8 Å². The number of aliphatic hydroxyl groups excluding tert-OH is 1. The molecular weight excluding hydrogens is 528 g/mol. The molecule has 3 aromatic rings. The number of fused-ring (bicyclic) bond motifs is 1. The summed E-state index contributed by atoms with van der Waals surface area (Å²) in [6.45, 7) is 7.33. The fraction of sp³-hybridized carbons (Fsp3) is 0.379. The Hall–Kier alpha value is -4.58. The maximum atomic E-state index is 13.7. The van der Waals surface area contributed by atoms with Gasteiger partial charge in [-0.25, -0.2) is 9.59 Å². The summed E-state index contributed by atoms with van der Waals surface area (Å²) < 4.78 is 11.6. The number of ether oxygens (including phenoxy) is 1. The van der Waals surface area contributed by atoms with E-state index in [9.17, 15) is 19.5 Å². The van der Waals surface area contributed by atoms with Crippen molar-refractivity contribution in [1.29, 1.82) is 0 Å². The number of aryl methyl sites for hydroxylation is 2. The number of rotatable bonds is 7. The number of likely N-dealkylation sites (N-methyl/N-ethyl adjacent to an activating group) is 1. The van der Waals surface area contributed by atoms with Gasteiger partial charge in [-0.15, -0.1) is 0 Å². The van der Waals surface area contributed by atoms with Gasteiger partial charge in [-0.3, -0.25) is 4.79 Å². The maximum absolute atomic E-state index is 13.7. The Balaban J connectivity index is 1.63. The highest BCUT2D eigenvalue weighted by molar-refractivity contribution is 6.04. The predicted octanol–water partition coefficient (Wildman–Crippen LogP) is 4.32. The largest absolute Gasteiger partial charge is 0.485 e. The van der Waals surface area contributed by atoms with Crippen LogP contribution < -0.4 is 20.7 Å². The highest BCUT2D eigenvalue weighted by Crippen LogP contribution is 2.35. The molecule has 2 aromatic carbocycles. The van der Waals surface area contributed by atoms with Gasteiger partial charge in [-0.2, -0.15) is 0 Å². The Morgan fingerprint density at radius 3 is 2.51 bits per heavy atom. The van der Waals surface area contributed by atoms with Crippen LogP contribution in [0.4, 0.5) is 26.7 Å². The number of nitrogens with zero attached hydrogens (tertiary/aromatic N) is 3. The van der Waals surface area contributed by atoms with Crippen LogP contribution in [0.2, 0.25) is 0 Å². The van der Waals surface area contributed by atoms with Crippen LogP contribution in [-0.2, 0) is 0 Å². The van der Waals surface area contributed by atoms with Gasteiger partial charge in [0.05, 0.1) is 30.4 Å². The summed E-state index contributed by atoms with van der Waals surface area (Å²) in [5.74, 6) is 0.0517. The van der Waals surface area contributed by atoms with Crippen molar-refractivity contribution in [2.75, 3.05) is 42.7 Å². The molecule has 0 bridgehead atoms. The summed E-state index contributed by atoms with van der Waals surface area (Å²) in [5, 5.41) is 22.1. The molecule has 0 saturated carbocycles. The number of carbonyl (C=O) groups excluding carboxylic acids is 3. The molecular formula is C29H36N6O6. The van der Waals surface area contributed by atoms with Gasteiger partial charge in [0.1, 0.15) is 17.5 Å². The van der Waals surface area contributed by atoms with E-state index in [-0.39, 0.29) is 48.0 Å². The average molecular weight is 565 g/mol. The molecule has 4 rings (SSSR count). The highest BCUT2D eigenvalue weighted by Gasteiger charge is 2.35. The second-order valence-corrected chi connectivity index (χ2v) is 10.3. The monoisotopic (exact) mass is 564 g/mol. The lowest BCUT2D eigenvalue weighted by Crippen LogP contribution is -2.50. The first-order chi connectivity index (χ1) is 19.6. The molecule has 12 nitrogen and oxygen atoms in total. The van der Waals surface area contributed by atoms with Crippen molar-refractivity contribution in [3.63, 3.8) is 0 Å². The van der Waals surface area contributed by atoms with E-state index in [4.69, 9.17) is 9.26 Å². The van der Waals surface area contributed by atoms with Gasteiger partial charge in [0.15, 0.2) is 11.5 Å². The molecule has 1 aliphatic heterocycles. The lowest BCUT2D eigenvalue weighted by molar-refractivity contribution is 0.0373. The molecule has 5 amide bonds. The third-order valence-corrected chi connectivity index (χ3v) is 7.04. The van der Waals surface area contributed by atoms with E-state index in [1.54, 1.807) is 63.1 Å². The number of aliphatic hydroxyl groups is 1. The molecule has 41 heavy (non-hydrogen) atoms. The molecule has 0 fully saturated rings. The highest BCUT2D eigenvalue weighted by atomic mass is 16.5. The summed E-state index contributed by atoms with van der Waals surface area (Å²) in [6, 6.07) is 12.6. The maximum Gasteiger partial charge on any atom is 0.323 e. The van der Waals surface area contributed by atoms with Crippen LogP contribution in [0.3, 0.4) is 0 Å². The smallest absolute Gasteiger partial charge is 0.323 e. The summed E-state index contributed by atoms with van der Waals surface area (Å²) in [4.78, 5) is 42.7. The zero-order valence-electron chi connectivity index (χ0n) is 23.8. The zero-order valence-corrected chi connectivity index (χ0v) is 23.8. The molecule has 0 spiro atoms. The zero-order chi connectivity index (χ0) is 29.7. The SMILES string of the molecule is Cc1noc(C)c1NC(=O)Nc1cccc2c1O[C@H](CN(C)C(=O)Nc1ccccc1)[C@@H](C)CN([C@@H](C)CO)C2=O. The van der Waals surface area contributed by atoms with Crippen LogP contribution in [0.1, 0.15) is 35.7 Å². The van der Waals surface area contributed by atoms with E-state index in [2.05, 4.69) is 21.1 Å². The minimum absolute atomic E-state index is 0.176. The quantitative estimate of drug-likeness (QED) is 0.334. The second kappa shape index (κ2) is 12.7. The first-order valence-corrected chi connectivity index (χ1v) is 13.4. The van der Waals surface area contributed by atoms with Crippen molar-refractivity contribution in [3.05, 3.63) is 65.5 Å². The van der Waals surface area contributed by atoms with Crippen LogP contribution in [-0.4, -0.2) is 76.9 Å². The Morgan fingerprint density at radius 1 is 1.12 bits per heavy atom. The third kappa shape index (κ3) is 6.77. The topological polar surface area (TPSA) is 149 Å². The number of benzene rings is 2. The number of hydrogen-bond donors (Lipinski definition) is 4. The summed E-state index contributed by atoms with van der Waals surface area (Å²) in [5.41, 5.74) is 2.12. The first-order valence-electron chi connectivity index (χ1n) is 13.4. The van der Waals surface area contributed by atoms with E-state index in [1.165, 1.54) is 4.90 Å². The van der Waals surface area contributed by atoms with E-state index in [1.807, 2.05) is 25.1 Å². The lowest BCUT2D eigenvalue weighted by Gasteiger charge is -2.38. The van der Waals surface area contributed by atoms with Gasteiger partial charge < -0.3 is 40.1 Å². The van der Waals surface area contributed by atoms with Crippen molar-refractivity contribution in [1.82, 2.24) is 15.0 Å². The van der Waals surface area contributed by atoms with Crippen LogP contribution in [0.5, 0.6) is 5.75 Å². The molecule has 3 atom stereocenters. The number of anilines is 3. The van der Waals surface area contributed by atoms with Gasteiger partial charge in [0.25, 0.3) is 5.91 Å². The van der Waals surface area contributed by atoms with Gasteiger partial charge >= 0.3 is 12.1 Å². The summed E-state index contributed by atoms with van der Waals surface area (Å²) in [7, 11) is 1.66. The van der Waals surface area contributed by atoms with Crippen LogP contribution >= 0.6 is 0 Å². The van der Waals surface area contributed by atoms with Crippen molar-refractivity contribution in [3.8, 4) is 5.75 Å². The average Bonchev–Trinajstić information content (AvgIpc) is 3.27. The molecule has 1 aromatic heterocycles. The van der Waals surface area contributed by atoms with Crippen LogP contribution in [0.25, 0.3) is 0 Å². The van der Waals surface area contributed by atoms with Crippen molar-refractivity contribution >= 4 is 35.0 Å². The number of hydrogen-bond acceptors (Lipinski definition) is 7. The molecule has 0 unspecified atom stereocenters. The summed E-state index contributed by atoms with van der Waals surface area (Å²) >= 11 is 0. The predicted molar refractivity (Wildman–Crippen MR) is 154 cm³/mol. The fourth-order valence-corrected chi connectivity index (χ4v) is 4.58. The first kappa shape index (κ1) is 29.4. The van der Waals surface area contributed by atoms with E-state index in [0.717, 1.165) is 0 Å². The summed E-state index contributed by atoms with van der Waals surface area (Å²) in [6.07, 6.45) is -0.560. The molecule has 2 heterocycles. The number of carbonyl (C=O) groups is 3. The molecule has 4 N–H and O–H groups in total. The van der Waals surface area contributed by atoms with E-state index < -0.39 is 18.2 Å². The number of amides is 5. The Labute approximate surface area is 238 Å². The molecule has 0 radical (unpaired) electrons. The van der Waals surface area contributed by atoms with Gasteiger partial charge in [-0.05, 0) is 45.0 Å². The lowest BCUT2D eigenvalue weighted by atomic mass is 9.99. The van der Waals surface area contributed by atoms with E-state index in [0.29, 0.717) is 29.4 Å². The molecule has 1 aliphatic rings. The third-order valence-electron chi connectivity index (χ3n) is 7.04. The van der Waals surface area contributed by atoms with Gasteiger partial charge in [0, 0.05) is 25.2 Å². The van der Waals surface area contributed by atoms with Gasteiger partial charge in [-0.1, -0.05) is 36.3 Å². The molecule has 12 heteroatoms. The van der Waals surface area contributed by atoms with Crippen LogP contribution in [0.15, 0.2) is 53.1 Å². The Kier molecular flexibility index (Phi) is 9.13. The number of aromatic nitrogens is 1. The number of para-hydroxylation sites is 2. The molecule has 218 valence electrons. The van der Waals surface area contributed by atoms with Crippen molar-refractivity contribution in [2.24, 2.45) is 5.92 Å². The Morgan fingerprint density at radius 2 is 1.85 bits per heavy atom. The number of nitrogens with one attached hydrogen (secondary N) is 3. The van der Waals surface area contributed by atoms with Crippen molar-refractivity contribution in [2.45, 2.75) is 39.8 Å². The number of urea groups is 2. The van der Waals surface area contributed by atoms with Crippen LogP contribution in [0, 0.1) is 19.8 Å².